The molecule has 0 spiro atoms. The van der Waals surface area contributed by atoms with Gasteiger partial charge in [-0.2, -0.15) is 0 Å². The molecule has 1 aliphatic rings. The van der Waals surface area contributed by atoms with E-state index in [1.165, 1.54) is 0 Å². The molecule has 1 heterocycles. The van der Waals surface area contributed by atoms with E-state index in [1.807, 2.05) is 13.8 Å². The van der Waals surface area contributed by atoms with Gasteiger partial charge in [0.05, 0.1) is 12.3 Å². The fourth-order valence-corrected chi connectivity index (χ4v) is 1.95. The predicted octanol–water partition coefficient (Wildman–Crippen LogP) is 1.68. The molecule has 1 saturated carbocycles. The molecule has 0 radical (unpaired) electrons. The lowest BCUT2D eigenvalue weighted by Crippen LogP contribution is -2.38. The summed E-state index contributed by atoms with van der Waals surface area (Å²) in [6.07, 6.45) is 2.95. The van der Waals surface area contributed by atoms with Gasteiger partial charge in [0.25, 0.3) is 0 Å². The largest absolute Gasteiger partial charge is 0.395 e. The number of carbonyl (C=O) groups is 1. The van der Waals surface area contributed by atoms with Gasteiger partial charge in [-0.25, -0.2) is 0 Å². The van der Waals surface area contributed by atoms with Crippen LogP contribution in [0.5, 0.6) is 0 Å². The smallest absolute Gasteiger partial charge is 0.231 e. The monoisotopic (exact) mass is 238 g/mol. The first-order valence-corrected chi connectivity index (χ1v) is 5.96. The molecule has 0 unspecified atom stereocenters. The normalized spacial score (nSPS) is 17.9. The Hall–Kier alpha value is -1.36. The molecule has 0 saturated heterocycles. The van der Waals surface area contributed by atoms with E-state index in [0.717, 1.165) is 25.0 Å². The Morgan fingerprint density at radius 1 is 1.65 bits per heavy atom. The average Bonchev–Trinajstić information content (AvgIpc) is 2.66. The molecule has 1 aromatic rings. The molecule has 1 amide bonds. The van der Waals surface area contributed by atoms with Crippen LogP contribution in [0.15, 0.2) is 10.6 Å². The van der Waals surface area contributed by atoms with Gasteiger partial charge in [0.2, 0.25) is 11.8 Å². The van der Waals surface area contributed by atoms with Gasteiger partial charge in [-0.3, -0.25) is 10.1 Å². The van der Waals surface area contributed by atoms with Crippen molar-refractivity contribution < 1.29 is 14.4 Å². The van der Waals surface area contributed by atoms with Crippen LogP contribution in [0.3, 0.4) is 0 Å². The number of aliphatic hydroxyl groups excluding tert-OH is 1. The second-order valence-electron chi connectivity index (χ2n) is 5.01. The molecule has 17 heavy (non-hydrogen) atoms. The first-order valence-electron chi connectivity index (χ1n) is 5.96. The maximum atomic E-state index is 11.5. The molecular formula is C12H18N2O3. The van der Waals surface area contributed by atoms with Gasteiger partial charge in [0.15, 0.2) is 0 Å². The van der Waals surface area contributed by atoms with Crippen LogP contribution in [0.1, 0.15) is 38.8 Å². The Morgan fingerprint density at radius 3 is 2.82 bits per heavy atom. The zero-order valence-electron chi connectivity index (χ0n) is 10.2. The highest BCUT2D eigenvalue weighted by Crippen LogP contribution is 2.43. The fraction of sp³-hybridized carbons (Fsp3) is 0.667. The number of hydrogen-bond donors (Lipinski definition) is 2. The van der Waals surface area contributed by atoms with Crippen LogP contribution < -0.4 is 5.32 Å². The van der Waals surface area contributed by atoms with Gasteiger partial charge in [0.1, 0.15) is 0 Å². The third-order valence-corrected chi connectivity index (χ3v) is 3.44. The summed E-state index contributed by atoms with van der Waals surface area (Å²) in [5, 5.41) is 16.0. The van der Waals surface area contributed by atoms with Gasteiger partial charge in [-0.1, -0.05) is 25.4 Å². The van der Waals surface area contributed by atoms with E-state index in [0.29, 0.717) is 5.88 Å². The minimum absolute atomic E-state index is 0.0805. The lowest BCUT2D eigenvalue weighted by Gasteiger charge is -2.38. The van der Waals surface area contributed by atoms with Crippen LogP contribution in [0.25, 0.3) is 0 Å². The van der Waals surface area contributed by atoms with Crippen molar-refractivity contribution in [2.24, 2.45) is 5.92 Å². The minimum Gasteiger partial charge on any atom is -0.395 e. The van der Waals surface area contributed by atoms with E-state index in [9.17, 15) is 9.90 Å². The van der Waals surface area contributed by atoms with Crippen molar-refractivity contribution in [1.29, 1.82) is 0 Å². The van der Waals surface area contributed by atoms with Gasteiger partial charge < -0.3 is 9.63 Å². The lowest BCUT2D eigenvalue weighted by atomic mass is 9.67. The van der Waals surface area contributed by atoms with Crippen molar-refractivity contribution in [3.8, 4) is 0 Å². The number of rotatable bonds is 4. The summed E-state index contributed by atoms with van der Waals surface area (Å²) in [6, 6.07) is 1.72. The van der Waals surface area contributed by atoms with Crippen LogP contribution in [-0.4, -0.2) is 22.8 Å². The Kier molecular flexibility index (Phi) is 3.19. The van der Waals surface area contributed by atoms with Crippen molar-refractivity contribution in [2.45, 2.75) is 38.5 Å². The number of hydrogen-bond acceptors (Lipinski definition) is 4. The highest BCUT2D eigenvalue weighted by molar-refractivity contribution is 5.90. The molecule has 5 heteroatoms. The predicted molar refractivity (Wildman–Crippen MR) is 62.6 cm³/mol. The van der Waals surface area contributed by atoms with Crippen LogP contribution in [0.2, 0.25) is 0 Å². The number of nitrogens with one attached hydrogen (secondary N) is 1. The van der Waals surface area contributed by atoms with Crippen molar-refractivity contribution >= 4 is 11.8 Å². The number of anilines is 1. The van der Waals surface area contributed by atoms with Gasteiger partial charge in [-0.15, -0.1) is 0 Å². The first kappa shape index (κ1) is 12.1. The molecule has 0 bridgehead atoms. The highest BCUT2D eigenvalue weighted by Gasteiger charge is 2.41. The summed E-state index contributed by atoms with van der Waals surface area (Å²) < 4.78 is 5.08. The summed E-state index contributed by atoms with van der Waals surface area (Å²) in [6.45, 7) is 3.71. The average molecular weight is 238 g/mol. The van der Waals surface area contributed by atoms with E-state index in [-0.39, 0.29) is 23.8 Å². The van der Waals surface area contributed by atoms with Crippen molar-refractivity contribution in [3.05, 3.63) is 11.8 Å². The second-order valence-corrected chi connectivity index (χ2v) is 5.01. The molecular weight excluding hydrogens is 220 g/mol. The first-order chi connectivity index (χ1) is 8.07. The van der Waals surface area contributed by atoms with E-state index >= 15 is 0 Å². The van der Waals surface area contributed by atoms with Crippen molar-refractivity contribution in [1.82, 2.24) is 5.16 Å². The molecule has 2 rings (SSSR count). The van der Waals surface area contributed by atoms with E-state index in [1.54, 1.807) is 6.07 Å². The SMILES string of the molecule is CC(C)C(=O)Nc1cc(C2(CO)CCC2)no1. The summed E-state index contributed by atoms with van der Waals surface area (Å²) in [5.74, 6) is 0.164. The third kappa shape index (κ3) is 2.20. The van der Waals surface area contributed by atoms with E-state index < -0.39 is 0 Å². The summed E-state index contributed by atoms with van der Waals surface area (Å²) in [7, 11) is 0. The number of aliphatic hydroxyl groups is 1. The molecule has 0 aliphatic heterocycles. The topological polar surface area (TPSA) is 75.4 Å². The number of nitrogens with zero attached hydrogens (tertiary/aromatic N) is 1. The zero-order chi connectivity index (χ0) is 12.5. The van der Waals surface area contributed by atoms with Gasteiger partial charge >= 0.3 is 0 Å². The molecule has 1 fully saturated rings. The molecule has 94 valence electrons. The summed E-state index contributed by atoms with van der Waals surface area (Å²) in [5.41, 5.74) is 0.495. The summed E-state index contributed by atoms with van der Waals surface area (Å²) in [4.78, 5) is 11.5. The fourth-order valence-electron chi connectivity index (χ4n) is 1.95. The van der Waals surface area contributed by atoms with Crippen LogP contribution in [-0.2, 0) is 10.2 Å². The standard InChI is InChI=1S/C12H18N2O3/c1-8(2)11(16)13-10-6-9(14-17-10)12(7-15)4-3-5-12/h6,8,15H,3-5,7H2,1-2H3,(H,13,16). The van der Waals surface area contributed by atoms with Crippen LogP contribution >= 0.6 is 0 Å². The number of carbonyl (C=O) groups excluding carboxylic acids is 1. The second kappa shape index (κ2) is 4.49. The molecule has 0 atom stereocenters. The van der Waals surface area contributed by atoms with E-state index in [2.05, 4.69) is 10.5 Å². The number of amides is 1. The van der Waals surface area contributed by atoms with Gasteiger partial charge in [0, 0.05) is 17.4 Å². The Morgan fingerprint density at radius 2 is 2.35 bits per heavy atom. The van der Waals surface area contributed by atoms with Gasteiger partial charge in [-0.05, 0) is 12.8 Å². The molecule has 0 aromatic carbocycles. The molecule has 1 aliphatic carbocycles. The maximum Gasteiger partial charge on any atom is 0.231 e. The van der Waals surface area contributed by atoms with Crippen LogP contribution in [0.4, 0.5) is 5.88 Å². The van der Waals surface area contributed by atoms with Crippen molar-refractivity contribution in [2.75, 3.05) is 11.9 Å². The Balaban J connectivity index is 2.08. The molecule has 2 N–H and O–H groups in total. The highest BCUT2D eigenvalue weighted by atomic mass is 16.5. The maximum absolute atomic E-state index is 11.5. The van der Waals surface area contributed by atoms with Crippen molar-refractivity contribution in [3.63, 3.8) is 0 Å². The zero-order valence-corrected chi connectivity index (χ0v) is 10.2. The summed E-state index contributed by atoms with van der Waals surface area (Å²) >= 11 is 0. The lowest BCUT2D eigenvalue weighted by molar-refractivity contribution is -0.119. The Labute approximate surface area is 100 Å². The Bertz CT molecular complexity index is 402. The van der Waals surface area contributed by atoms with Crippen LogP contribution in [0, 0.1) is 5.92 Å². The van der Waals surface area contributed by atoms with E-state index in [4.69, 9.17) is 4.52 Å². The number of aromatic nitrogens is 1. The molecule has 1 aromatic heterocycles. The molecule has 5 nitrogen and oxygen atoms in total. The quantitative estimate of drug-likeness (QED) is 0.836. The minimum atomic E-state index is -0.246. The third-order valence-electron chi connectivity index (χ3n) is 3.44.